The van der Waals surface area contributed by atoms with Gasteiger partial charge in [0.1, 0.15) is 0 Å². The first-order chi connectivity index (χ1) is 9.56. The summed E-state index contributed by atoms with van der Waals surface area (Å²) in [6, 6.07) is 3.45. The van der Waals surface area contributed by atoms with Crippen molar-refractivity contribution in [2.24, 2.45) is 17.6 Å². The Morgan fingerprint density at radius 3 is 2.62 bits per heavy atom. The zero-order valence-electron chi connectivity index (χ0n) is 11.6. The van der Waals surface area contributed by atoms with Crippen LogP contribution in [-0.4, -0.2) is 29.9 Å². The van der Waals surface area contributed by atoms with Gasteiger partial charge in [0.25, 0.3) is 5.91 Å². The van der Waals surface area contributed by atoms with E-state index < -0.39 is 11.6 Å². The topological polar surface area (TPSA) is 46.3 Å². The molecule has 1 aromatic carbocycles. The van der Waals surface area contributed by atoms with Crippen molar-refractivity contribution in [2.75, 3.05) is 13.1 Å². The Morgan fingerprint density at radius 1 is 1.19 bits per heavy atom. The fourth-order valence-electron chi connectivity index (χ4n) is 3.49. The molecule has 0 spiro atoms. The van der Waals surface area contributed by atoms with Crippen LogP contribution in [0.3, 0.4) is 0 Å². The van der Waals surface area contributed by atoms with Gasteiger partial charge in [-0.3, -0.25) is 4.79 Å². The average molecular weight is 317 g/mol. The first-order valence-electron chi connectivity index (χ1n) is 7.06. The van der Waals surface area contributed by atoms with Gasteiger partial charge in [0.2, 0.25) is 0 Å². The van der Waals surface area contributed by atoms with Crippen LogP contribution in [-0.2, 0) is 0 Å². The normalized spacial score (nSPS) is 28.0. The summed E-state index contributed by atoms with van der Waals surface area (Å²) in [4.78, 5) is 14.1. The highest BCUT2D eigenvalue weighted by Gasteiger charge is 2.40. The fourth-order valence-corrected chi connectivity index (χ4v) is 3.49. The maximum Gasteiger partial charge on any atom is 0.253 e. The van der Waals surface area contributed by atoms with Gasteiger partial charge >= 0.3 is 0 Å². The van der Waals surface area contributed by atoms with Gasteiger partial charge in [-0.2, -0.15) is 0 Å². The van der Waals surface area contributed by atoms with E-state index in [4.69, 9.17) is 5.73 Å². The third kappa shape index (κ3) is 3.04. The molecule has 1 saturated carbocycles. The van der Waals surface area contributed by atoms with E-state index in [1.807, 2.05) is 0 Å². The van der Waals surface area contributed by atoms with Crippen LogP contribution in [0.25, 0.3) is 0 Å². The van der Waals surface area contributed by atoms with Gasteiger partial charge < -0.3 is 10.6 Å². The Kier molecular flexibility index (Phi) is 4.84. The van der Waals surface area contributed by atoms with Gasteiger partial charge in [-0.15, -0.1) is 12.4 Å². The molecule has 21 heavy (non-hydrogen) atoms. The molecule has 3 atom stereocenters. The molecular formula is C15H19ClF2N2O. The number of carbonyl (C=O) groups excluding carboxylic acids is 1. The van der Waals surface area contributed by atoms with E-state index in [-0.39, 0.29) is 29.9 Å². The van der Waals surface area contributed by atoms with Crippen molar-refractivity contribution < 1.29 is 13.6 Å². The number of hydrogen-bond acceptors (Lipinski definition) is 2. The van der Waals surface area contributed by atoms with Gasteiger partial charge in [-0.25, -0.2) is 8.78 Å². The first kappa shape index (κ1) is 16.2. The molecule has 2 aliphatic rings. The van der Waals surface area contributed by atoms with Crippen LogP contribution < -0.4 is 5.73 Å². The average Bonchev–Trinajstić information content (AvgIpc) is 2.86. The number of halogens is 3. The number of fused-ring (bicyclic) bond motifs is 1. The van der Waals surface area contributed by atoms with E-state index in [1.54, 1.807) is 4.90 Å². The molecule has 116 valence electrons. The standard InChI is InChI=1S/C15H18F2N2O.ClH/c16-12-5-4-9(6-13(12)17)15(20)19-7-10-2-1-3-14(18)11(10)8-19;/h4-6,10-11,14H,1-3,7-8,18H2;1H. The van der Waals surface area contributed by atoms with Crippen molar-refractivity contribution in [3.05, 3.63) is 35.4 Å². The second kappa shape index (κ2) is 6.28. The van der Waals surface area contributed by atoms with Crippen molar-refractivity contribution in [3.8, 4) is 0 Å². The Labute approximate surface area is 128 Å². The number of benzene rings is 1. The zero-order valence-corrected chi connectivity index (χ0v) is 12.4. The van der Waals surface area contributed by atoms with E-state index in [2.05, 4.69) is 0 Å². The van der Waals surface area contributed by atoms with E-state index in [9.17, 15) is 13.6 Å². The monoisotopic (exact) mass is 316 g/mol. The highest BCUT2D eigenvalue weighted by molar-refractivity contribution is 5.94. The lowest BCUT2D eigenvalue weighted by atomic mass is 9.78. The molecule has 3 rings (SSSR count). The molecule has 1 amide bonds. The van der Waals surface area contributed by atoms with Crippen LogP contribution in [0.2, 0.25) is 0 Å². The first-order valence-corrected chi connectivity index (χ1v) is 7.06. The number of likely N-dealkylation sites (tertiary alicyclic amines) is 1. The molecule has 1 saturated heterocycles. The Morgan fingerprint density at radius 2 is 1.95 bits per heavy atom. The molecule has 6 heteroatoms. The molecule has 2 fully saturated rings. The molecule has 0 aromatic heterocycles. The van der Waals surface area contributed by atoms with Crippen LogP contribution in [0, 0.1) is 23.5 Å². The molecule has 0 radical (unpaired) electrons. The Bertz CT molecular complexity index is 540. The largest absolute Gasteiger partial charge is 0.338 e. The number of amides is 1. The number of rotatable bonds is 1. The molecule has 1 aromatic rings. The Hall–Kier alpha value is -1.20. The molecule has 2 N–H and O–H groups in total. The maximum atomic E-state index is 13.2. The summed E-state index contributed by atoms with van der Waals surface area (Å²) >= 11 is 0. The molecule has 3 nitrogen and oxygen atoms in total. The van der Waals surface area contributed by atoms with Crippen molar-refractivity contribution in [1.82, 2.24) is 4.90 Å². The van der Waals surface area contributed by atoms with Gasteiger partial charge in [0.15, 0.2) is 11.6 Å². The Balaban J connectivity index is 0.00000161. The number of hydrogen-bond donors (Lipinski definition) is 1. The summed E-state index contributed by atoms with van der Waals surface area (Å²) in [6.45, 7) is 1.31. The van der Waals surface area contributed by atoms with Gasteiger partial charge in [0.05, 0.1) is 0 Å². The summed E-state index contributed by atoms with van der Waals surface area (Å²) in [5, 5.41) is 0. The van der Waals surface area contributed by atoms with E-state index in [0.29, 0.717) is 24.9 Å². The summed E-state index contributed by atoms with van der Waals surface area (Å²) < 4.78 is 26.1. The van der Waals surface area contributed by atoms with Crippen LogP contribution in [0.15, 0.2) is 18.2 Å². The summed E-state index contributed by atoms with van der Waals surface area (Å²) in [5.41, 5.74) is 6.32. The predicted molar refractivity (Wildman–Crippen MR) is 78.3 cm³/mol. The van der Waals surface area contributed by atoms with E-state index in [1.165, 1.54) is 6.07 Å². The second-order valence-electron chi connectivity index (χ2n) is 5.86. The quantitative estimate of drug-likeness (QED) is 0.865. The lowest BCUT2D eigenvalue weighted by Crippen LogP contribution is -2.38. The molecule has 0 bridgehead atoms. The minimum absolute atomic E-state index is 0. The van der Waals surface area contributed by atoms with Crippen molar-refractivity contribution in [3.63, 3.8) is 0 Å². The lowest BCUT2D eigenvalue weighted by Gasteiger charge is -2.29. The van der Waals surface area contributed by atoms with Gasteiger partial charge in [-0.05, 0) is 42.9 Å². The van der Waals surface area contributed by atoms with Crippen LogP contribution in [0.1, 0.15) is 29.6 Å². The van der Waals surface area contributed by atoms with Crippen LogP contribution in [0.5, 0.6) is 0 Å². The second-order valence-corrected chi connectivity index (χ2v) is 5.86. The predicted octanol–water partition coefficient (Wildman–Crippen LogP) is 2.59. The number of carbonyl (C=O) groups is 1. The van der Waals surface area contributed by atoms with E-state index in [0.717, 1.165) is 31.4 Å². The molecule has 1 aliphatic carbocycles. The number of nitrogens with zero attached hydrogens (tertiary/aromatic N) is 1. The summed E-state index contributed by atoms with van der Waals surface area (Å²) in [7, 11) is 0. The summed E-state index contributed by atoms with van der Waals surface area (Å²) in [5.74, 6) is -1.35. The smallest absolute Gasteiger partial charge is 0.253 e. The minimum Gasteiger partial charge on any atom is -0.338 e. The van der Waals surface area contributed by atoms with Gasteiger partial charge in [-0.1, -0.05) is 6.42 Å². The lowest BCUT2D eigenvalue weighted by molar-refractivity contribution is 0.0783. The van der Waals surface area contributed by atoms with Crippen LogP contribution in [0.4, 0.5) is 8.78 Å². The molecular weight excluding hydrogens is 298 g/mol. The summed E-state index contributed by atoms with van der Waals surface area (Å²) in [6.07, 6.45) is 3.21. The fraction of sp³-hybridized carbons (Fsp3) is 0.533. The highest BCUT2D eigenvalue weighted by Crippen LogP contribution is 2.36. The molecule has 1 aliphatic heterocycles. The minimum atomic E-state index is -0.982. The third-order valence-corrected chi connectivity index (χ3v) is 4.61. The molecule has 3 unspecified atom stereocenters. The van der Waals surface area contributed by atoms with Crippen LogP contribution >= 0.6 is 12.4 Å². The van der Waals surface area contributed by atoms with Gasteiger partial charge in [0, 0.05) is 24.7 Å². The van der Waals surface area contributed by atoms with Crippen molar-refractivity contribution >= 4 is 18.3 Å². The third-order valence-electron chi connectivity index (χ3n) is 4.61. The SMILES string of the molecule is Cl.NC1CCCC2CN(C(=O)c3ccc(F)c(F)c3)CC12. The van der Waals surface area contributed by atoms with E-state index >= 15 is 0 Å². The highest BCUT2D eigenvalue weighted by atomic mass is 35.5. The van der Waals surface area contributed by atoms with Crippen molar-refractivity contribution in [2.45, 2.75) is 25.3 Å². The zero-order chi connectivity index (χ0) is 14.3. The van der Waals surface area contributed by atoms with Crippen molar-refractivity contribution in [1.29, 1.82) is 0 Å². The molecule has 1 heterocycles. The number of nitrogens with two attached hydrogens (primary N) is 1. The maximum absolute atomic E-state index is 13.2.